The first-order chi connectivity index (χ1) is 43.5. The first-order valence-corrected chi connectivity index (χ1v) is 51.5. The number of ether oxygens (including phenoxy) is 1. The molecule has 0 rings (SSSR count). The number of hydrogen-bond acceptors (Lipinski definition) is 45. The van der Waals surface area contributed by atoms with E-state index in [9.17, 15) is 135 Å². The van der Waals surface area contributed by atoms with Crippen molar-refractivity contribution in [2.45, 2.75) is 99.6 Å². The summed E-state index contributed by atoms with van der Waals surface area (Å²) >= 11 is 5.14. The average Bonchev–Trinajstić information content (AvgIpc) is 0.778. The standard InChI is InChI=1S/C7H16O4S2.2C5H12O6S2.C5H12O5S2.C4H9ClO5S2.C4H10O7S2.C4H10O6S2.C3H8O6S2/c1-6(2)12(8,9)5-13(10,11)7(3)4;1-5(2,12(6,7)10-3)13(8,9)11-4;1-3-10-12(6,7)5-13(8,9)11-4-2;1-3-4-10-12(8,9)5-11(2,6)7;1-11(6,7)4-12(8,9)10-3-2-5;1-9-4(12(5,6)10-2)13(7,8)11-3;1-4(11(5,6)9-2)12(7,8)10-3;1-8-10(4,5)3-11(6,7)9-2/h6-7H,5H2,1-4H3;1-4H3;3-5H2,1-2H3;3-5H2,1-2H3;2-4H2,1H3;4H,1-3H3;4H,1-3H3;3H2,1-2H3. The molecule has 0 unspecified atom stereocenters. The summed E-state index contributed by atoms with van der Waals surface area (Å²) in [4.78, 5) is 0. The van der Waals surface area contributed by atoms with Crippen LogP contribution in [0.5, 0.6) is 0 Å². The molecule has 0 aromatic heterocycles. The van der Waals surface area contributed by atoms with Crippen LogP contribution in [0.4, 0.5) is 0 Å². The molecule has 0 aliphatic rings. The lowest BCUT2D eigenvalue weighted by Gasteiger charge is -2.21. The molecule has 99 heavy (non-hydrogen) atoms. The molecule has 0 bridgehead atoms. The Morgan fingerprint density at radius 3 is 0.768 bits per heavy atom. The Morgan fingerprint density at radius 2 is 0.576 bits per heavy atom. The molecule has 0 atom stereocenters. The van der Waals surface area contributed by atoms with Gasteiger partial charge in [0.25, 0.3) is 101 Å². The molecule has 0 radical (unpaired) electrons. The maximum atomic E-state index is 11.3. The molecule has 0 aromatic rings. The van der Waals surface area contributed by atoms with Crippen molar-refractivity contribution in [1.29, 1.82) is 0 Å². The second-order valence-electron chi connectivity index (χ2n) is 18.1. The van der Waals surface area contributed by atoms with E-state index >= 15 is 0 Å². The number of methoxy groups -OCH3 is 1. The fourth-order valence-electron chi connectivity index (χ4n) is 3.82. The summed E-state index contributed by atoms with van der Waals surface area (Å²) in [5.74, 6) is 0.00297. The Bertz CT molecular complexity index is 4050. The van der Waals surface area contributed by atoms with Crippen LogP contribution in [-0.4, -0.2) is 293 Å². The number of rotatable bonds is 37. The van der Waals surface area contributed by atoms with E-state index in [4.69, 9.17) is 11.6 Å². The average molecular weight is 1800 g/mol. The Labute approximate surface area is 590 Å². The largest absolute Gasteiger partial charge is 0.349 e. The van der Waals surface area contributed by atoms with Crippen molar-refractivity contribution in [2.24, 2.45) is 0 Å². The third kappa shape index (κ3) is 54.3. The van der Waals surface area contributed by atoms with Crippen molar-refractivity contribution in [3.05, 3.63) is 0 Å². The third-order valence-electron chi connectivity index (χ3n) is 9.02. The van der Waals surface area contributed by atoms with Gasteiger partial charge in [0.1, 0.15) is 0 Å². The maximum Gasteiger partial charge on any atom is 0.312 e. The summed E-state index contributed by atoms with van der Waals surface area (Å²) in [5, 5.41) is -6.26. The Hall–Kier alpha value is -1.03. The highest BCUT2D eigenvalue weighted by atomic mass is 35.5. The normalized spacial score (nSPS) is 13.6. The minimum absolute atomic E-state index is 0.00297. The predicted octanol–water partition coefficient (Wildman–Crippen LogP) is -3.69. The lowest BCUT2D eigenvalue weighted by Crippen LogP contribution is -2.41. The molecule has 0 amide bonds. The van der Waals surface area contributed by atoms with Crippen LogP contribution in [0.15, 0.2) is 0 Å². The fraction of sp³-hybridized carbons (Fsp3) is 1.00. The van der Waals surface area contributed by atoms with Crippen LogP contribution in [0.1, 0.15) is 75.7 Å². The first-order valence-electron chi connectivity index (χ1n) is 25.2. The van der Waals surface area contributed by atoms with Gasteiger partial charge in [-0.25, -0.2) is 33.7 Å². The Morgan fingerprint density at radius 1 is 0.323 bits per heavy atom. The van der Waals surface area contributed by atoms with Gasteiger partial charge >= 0.3 is 25.0 Å². The van der Waals surface area contributed by atoms with E-state index in [2.05, 4.69) is 54.9 Å². The molecule has 0 spiro atoms. The van der Waals surface area contributed by atoms with E-state index in [-0.39, 0.29) is 32.3 Å². The lowest BCUT2D eigenvalue weighted by atomic mass is 10.5. The van der Waals surface area contributed by atoms with Crippen LogP contribution in [0.25, 0.3) is 0 Å². The lowest BCUT2D eigenvalue weighted by molar-refractivity contribution is 0.189. The van der Waals surface area contributed by atoms with Crippen LogP contribution < -0.4 is 0 Å². The van der Waals surface area contributed by atoms with E-state index < -0.39 is 210 Å². The number of alkyl halides is 1. The van der Waals surface area contributed by atoms with Gasteiger partial charge in [-0.2, -0.15) is 101 Å². The van der Waals surface area contributed by atoms with Gasteiger partial charge in [0, 0.05) is 25.5 Å². The van der Waals surface area contributed by atoms with Crippen molar-refractivity contribution >= 4 is 172 Å². The molecule has 0 heterocycles. The minimum atomic E-state index is -4.32. The molecule has 0 saturated heterocycles. The van der Waals surface area contributed by atoms with Crippen LogP contribution in [0.2, 0.25) is 0 Å². The molecule has 0 aliphatic heterocycles. The second kappa shape index (κ2) is 47.6. The number of halogens is 1. The highest BCUT2D eigenvalue weighted by molar-refractivity contribution is 8.09. The number of hydrogen-bond donors (Lipinski definition) is 0. The zero-order chi connectivity index (χ0) is 81.8. The summed E-state index contributed by atoms with van der Waals surface area (Å²) in [7, 11) is -55.3. The molecule has 45 nitrogen and oxygen atoms in total. The van der Waals surface area contributed by atoms with Crippen molar-refractivity contribution < 1.29 is 190 Å². The minimum Gasteiger partial charge on any atom is -0.349 e. The van der Waals surface area contributed by atoms with Crippen molar-refractivity contribution in [3.8, 4) is 0 Å². The van der Waals surface area contributed by atoms with E-state index in [1.165, 1.54) is 41.5 Å². The first kappa shape index (κ1) is 114. The van der Waals surface area contributed by atoms with Gasteiger partial charge in [0.15, 0.2) is 54.6 Å². The molecular weight excluding hydrogens is 1710 g/mol. The van der Waals surface area contributed by atoms with Gasteiger partial charge in [0.05, 0.1) is 93.8 Å². The second-order valence-corrected chi connectivity index (χ2v) is 52.6. The van der Waals surface area contributed by atoms with E-state index in [0.717, 1.165) is 97.3 Å². The topological polar surface area (TPSA) is 666 Å². The smallest absolute Gasteiger partial charge is 0.312 e. The third-order valence-corrected chi connectivity index (χ3v) is 40.4. The van der Waals surface area contributed by atoms with Crippen LogP contribution in [0, 0.1) is 0 Å². The van der Waals surface area contributed by atoms with E-state index in [1.807, 2.05) is 0 Å². The molecule has 0 N–H and O–H groups in total. The highest BCUT2D eigenvalue weighted by Gasteiger charge is 2.48. The van der Waals surface area contributed by atoms with Gasteiger partial charge in [-0.1, -0.05) is 6.92 Å². The zero-order valence-corrected chi connectivity index (χ0v) is 70.7. The van der Waals surface area contributed by atoms with Crippen molar-refractivity contribution in [2.75, 3.05) is 134 Å². The summed E-state index contributed by atoms with van der Waals surface area (Å²) < 4.78 is 394. The molecule has 0 aliphatic carbocycles. The summed E-state index contributed by atoms with van der Waals surface area (Å²) in [5.41, 5.74) is 0. The van der Waals surface area contributed by atoms with Gasteiger partial charge in [-0.3, -0.25) is 50.2 Å². The summed E-state index contributed by atoms with van der Waals surface area (Å²) in [6.45, 7) is 13.1. The van der Waals surface area contributed by atoms with Crippen LogP contribution in [0.3, 0.4) is 0 Å². The summed E-state index contributed by atoms with van der Waals surface area (Å²) in [6, 6.07) is 0. The van der Waals surface area contributed by atoms with Crippen molar-refractivity contribution in [1.82, 2.24) is 0 Å². The maximum absolute atomic E-state index is 11.3. The SMILES string of the molecule is CC(C)S(=O)(=O)CS(=O)(=O)C(C)C.CCCOS(=O)(=O)CS(C)(=O)=O.CCOS(=O)(=O)CS(=O)(=O)OCC.COC(S(=O)(=O)OC)S(=O)(=O)OC.COS(=O)(=O)C(C)(C)S(=O)(=O)OC.COS(=O)(=O)C(C)S(=O)(=O)OC.COS(=O)(=O)CS(=O)(=O)OC.CS(=O)(=O)CS(=O)(=O)OCCCl. The van der Waals surface area contributed by atoms with Gasteiger partial charge in [0.2, 0.25) is 18.8 Å². The zero-order valence-electron chi connectivity index (χ0n) is 56.9. The number of sulfone groups is 4. The Balaban J connectivity index is -0.000000159. The van der Waals surface area contributed by atoms with Crippen molar-refractivity contribution in [3.63, 3.8) is 0 Å². The fourth-order valence-corrected chi connectivity index (χ4v) is 25.1. The summed E-state index contributed by atoms with van der Waals surface area (Å²) in [6.07, 6.45) is 2.19. The highest BCUT2D eigenvalue weighted by Crippen LogP contribution is 2.26. The molecule has 610 valence electrons. The quantitative estimate of drug-likeness (QED) is 0.0427. The predicted molar refractivity (Wildman–Crippen MR) is 356 cm³/mol. The van der Waals surface area contributed by atoms with Gasteiger partial charge in [-0.05, 0) is 68.7 Å². The molecule has 62 heteroatoms. The molecule has 0 aromatic carbocycles. The molecular formula is C37H89ClO45S16. The van der Waals surface area contributed by atoms with Crippen LogP contribution >= 0.6 is 11.6 Å². The monoisotopic (exact) mass is 1800 g/mol. The van der Waals surface area contributed by atoms with E-state index in [1.54, 1.807) is 6.92 Å². The molecule has 0 saturated carbocycles. The Kier molecular flexibility index (Phi) is 54.7. The van der Waals surface area contributed by atoms with Gasteiger partial charge < -0.3 is 4.74 Å². The van der Waals surface area contributed by atoms with E-state index in [0.29, 0.717) is 6.42 Å². The van der Waals surface area contributed by atoms with Gasteiger partial charge in [-0.15, -0.1) is 11.6 Å². The molecule has 0 fully saturated rings. The van der Waals surface area contributed by atoms with Crippen LogP contribution in [-0.2, 0) is 216 Å².